The summed E-state index contributed by atoms with van der Waals surface area (Å²) in [7, 11) is 0. The number of esters is 2. The summed E-state index contributed by atoms with van der Waals surface area (Å²) >= 11 is 0. The molecule has 0 spiro atoms. The lowest BCUT2D eigenvalue weighted by Crippen LogP contribution is -2.42. The fourth-order valence-corrected chi connectivity index (χ4v) is 0.916. The van der Waals surface area contributed by atoms with Gasteiger partial charge in [-0.05, 0) is 0 Å². The van der Waals surface area contributed by atoms with E-state index in [0.29, 0.717) is 0 Å². The number of carboxylic acids is 3. The fraction of sp³-hybridized carbons (Fsp3) is 0.500. The lowest BCUT2D eigenvalue weighted by Gasteiger charge is -2.18. The molecule has 0 aromatic rings. The minimum absolute atomic E-state index is 0.562. The highest BCUT2D eigenvalue weighted by Gasteiger charge is 2.40. The summed E-state index contributed by atoms with van der Waals surface area (Å²) in [5.74, 6) is -6.14. The van der Waals surface area contributed by atoms with Crippen LogP contribution in [0.5, 0.6) is 0 Å². The van der Waals surface area contributed by atoms with Gasteiger partial charge >= 0.3 is 29.8 Å². The molecule has 0 radical (unpaired) electrons. The van der Waals surface area contributed by atoms with Crippen LogP contribution in [0.2, 0.25) is 0 Å². The predicted octanol–water partition coefficient (Wildman–Crippen LogP) is -1.15. The van der Waals surface area contributed by atoms with Crippen molar-refractivity contribution in [3.8, 4) is 0 Å². The van der Waals surface area contributed by atoms with Crippen LogP contribution in [0.4, 0.5) is 0 Å². The number of aliphatic hydroxyl groups is 1. The monoisotopic (exact) mass is 294 g/mol. The van der Waals surface area contributed by atoms with Gasteiger partial charge in [0.2, 0.25) is 0 Å². The molecule has 0 heterocycles. The molecule has 10 heteroatoms. The largest absolute Gasteiger partial charge is 0.481 e. The van der Waals surface area contributed by atoms with Gasteiger partial charge in [-0.3, -0.25) is 19.2 Å². The first-order valence-corrected chi connectivity index (χ1v) is 4.99. The highest BCUT2D eigenvalue weighted by atomic mass is 16.6. The van der Waals surface area contributed by atoms with Gasteiger partial charge in [-0.15, -0.1) is 0 Å². The van der Waals surface area contributed by atoms with Gasteiger partial charge in [0, 0.05) is 13.8 Å². The van der Waals surface area contributed by atoms with Gasteiger partial charge in [0.1, 0.15) is 0 Å². The van der Waals surface area contributed by atoms with Crippen molar-refractivity contribution >= 4 is 29.8 Å². The third kappa shape index (κ3) is 10.7. The van der Waals surface area contributed by atoms with Crippen molar-refractivity contribution in [3.63, 3.8) is 0 Å². The zero-order chi connectivity index (χ0) is 16.5. The van der Waals surface area contributed by atoms with Crippen LogP contribution in [0.1, 0.15) is 26.7 Å². The molecule has 0 unspecified atom stereocenters. The van der Waals surface area contributed by atoms with Gasteiger partial charge in [-0.2, -0.15) is 0 Å². The summed E-state index contributed by atoms with van der Waals surface area (Å²) in [6, 6.07) is 0. The van der Waals surface area contributed by atoms with Crippen LogP contribution >= 0.6 is 0 Å². The molecule has 114 valence electrons. The van der Waals surface area contributed by atoms with E-state index in [1.54, 1.807) is 0 Å². The minimum Gasteiger partial charge on any atom is -0.481 e. The molecule has 0 atom stereocenters. The zero-order valence-electron chi connectivity index (χ0n) is 10.7. The SMILES string of the molecule is CC(=O)OC(C)=O.O=C(O)CC(O)(CC(=O)O)C(=O)O. The van der Waals surface area contributed by atoms with Crippen molar-refractivity contribution in [2.45, 2.75) is 32.3 Å². The third-order valence-corrected chi connectivity index (χ3v) is 1.57. The lowest BCUT2D eigenvalue weighted by atomic mass is 9.96. The van der Waals surface area contributed by atoms with Gasteiger partial charge in [0.25, 0.3) is 0 Å². The van der Waals surface area contributed by atoms with Crippen molar-refractivity contribution in [3.05, 3.63) is 0 Å². The molecular formula is C10H14O10. The van der Waals surface area contributed by atoms with E-state index in [0.717, 1.165) is 0 Å². The number of aliphatic carboxylic acids is 3. The number of carbonyl (C=O) groups is 5. The molecule has 20 heavy (non-hydrogen) atoms. The molecule has 0 aliphatic rings. The highest BCUT2D eigenvalue weighted by molar-refractivity contribution is 5.88. The maximum absolute atomic E-state index is 10.3. The Morgan fingerprint density at radius 3 is 1.25 bits per heavy atom. The molecule has 0 fully saturated rings. The summed E-state index contributed by atoms with van der Waals surface area (Å²) in [4.78, 5) is 50.1. The average molecular weight is 294 g/mol. The van der Waals surface area contributed by atoms with E-state index in [1.807, 2.05) is 0 Å². The summed E-state index contributed by atoms with van der Waals surface area (Å²) in [6.45, 7) is 2.36. The second-order valence-corrected chi connectivity index (χ2v) is 3.56. The third-order valence-electron chi connectivity index (χ3n) is 1.57. The number of hydrogen-bond donors (Lipinski definition) is 4. The Kier molecular flexibility index (Phi) is 8.52. The maximum atomic E-state index is 10.3. The molecule has 0 saturated carbocycles. The number of rotatable bonds is 5. The Hall–Kier alpha value is -2.49. The normalized spacial score (nSPS) is 9.75. The molecule has 0 aliphatic heterocycles. The first-order chi connectivity index (χ1) is 8.90. The van der Waals surface area contributed by atoms with Crippen molar-refractivity contribution in [2.24, 2.45) is 0 Å². The Bertz CT molecular complexity index is 382. The van der Waals surface area contributed by atoms with E-state index in [9.17, 15) is 24.0 Å². The van der Waals surface area contributed by atoms with Gasteiger partial charge < -0.3 is 25.2 Å². The fourth-order valence-electron chi connectivity index (χ4n) is 0.916. The van der Waals surface area contributed by atoms with Crippen molar-refractivity contribution in [2.75, 3.05) is 0 Å². The van der Waals surface area contributed by atoms with E-state index in [1.165, 1.54) is 13.8 Å². The summed E-state index contributed by atoms with van der Waals surface area (Å²) in [6.07, 6.45) is -2.29. The molecule has 0 rings (SSSR count). The van der Waals surface area contributed by atoms with Crippen molar-refractivity contribution in [1.82, 2.24) is 0 Å². The molecule has 0 amide bonds. The number of ether oxygens (including phenoxy) is 1. The van der Waals surface area contributed by atoms with Crippen LogP contribution in [0.25, 0.3) is 0 Å². The molecule has 0 aliphatic carbocycles. The van der Waals surface area contributed by atoms with E-state index < -0.39 is 48.3 Å². The quantitative estimate of drug-likeness (QED) is 0.357. The predicted molar refractivity (Wildman–Crippen MR) is 59.5 cm³/mol. The molecule has 0 aromatic carbocycles. The maximum Gasteiger partial charge on any atom is 0.336 e. The molecule has 10 nitrogen and oxygen atoms in total. The Morgan fingerprint density at radius 1 is 0.850 bits per heavy atom. The van der Waals surface area contributed by atoms with E-state index >= 15 is 0 Å². The average Bonchev–Trinajstić information content (AvgIpc) is 2.12. The van der Waals surface area contributed by atoms with Gasteiger partial charge in [0.05, 0.1) is 12.8 Å². The van der Waals surface area contributed by atoms with Crippen LogP contribution < -0.4 is 0 Å². The number of hydrogen-bond acceptors (Lipinski definition) is 7. The Labute approximate surface area is 112 Å². The Balaban J connectivity index is 0. The number of carbonyl (C=O) groups excluding carboxylic acids is 2. The molecular weight excluding hydrogens is 280 g/mol. The molecule has 4 N–H and O–H groups in total. The topological polar surface area (TPSA) is 175 Å². The minimum atomic E-state index is -2.74. The van der Waals surface area contributed by atoms with Gasteiger partial charge in [-0.1, -0.05) is 0 Å². The van der Waals surface area contributed by atoms with Gasteiger partial charge in [0.15, 0.2) is 5.60 Å². The first-order valence-electron chi connectivity index (χ1n) is 4.99. The molecule has 0 saturated heterocycles. The van der Waals surface area contributed by atoms with Crippen LogP contribution in [0.3, 0.4) is 0 Å². The van der Waals surface area contributed by atoms with Crippen molar-refractivity contribution < 1.29 is 49.1 Å². The Morgan fingerprint density at radius 2 is 1.15 bits per heavy atom. The van der Waals surface area contributed by atoms with E-state index in [-0.39, 0.29) is 0 Å². The molecule has 0 bridgehead atoms. The first kappa shape index (κ1) is 19.8. The molecule has 0 aromatic heterocycles. The highest BCUT2D eigenvalue weighted by Crippen LogP contribution is 2.15. The second-order valence-electron chi connectivity index (χ2n) is 3.56. The van der Waals surface area contributed by atoms with E-state index in [2.05, 4.69) is 4.74 Å². The summed E-state index contributed by atoms with van der Waals surface area (Å²) in [5.41, 5.74) is -2.74. The van der Waals surface area contributed by atoms with Crippen molar-refractivity contribution in [1.29, 1.82) is 0 Å². The standard InChI is InChI=1S/C6H8O7.C4H6O3/c7-3(8)1-6(13,5(11)12)2-4(9)10;1-3(5)7-4(2)6/h13H,1-2H2,(H,7,8)(H,9,10)(H,11,12);1-2H3. The van der Waals surface area contributed by atoms with Crippen LogP contribution in [-0.4, -0.2) is 55.9 Å². The zero-order valence-corrected chi connectivity index (χ0v) is 10.7. The summed E-state index contributed by atoms with van der Waals surface area (Å²) in [5, 5.41) is 33.8. The van der Waals surface area contributed by atoms with Crippen LogP contribution in [0.15, 0.2) is 0 Å². The smallest absolute Gasteiger partial charge is 0.336 e. The number of carboxylic acid groups (broad SMARTS) is 3. The summed E-state index contributed by atoms with van der Waals surface area (Å²) < 4.78 is 3.97. The van der Waals surface area contributed by atoms with Crippen LogP contribution in [-0.2, 0) is 28.7 Å². The van der Waals surface area contributed by atoms with E-state index in [4.69, 9.17) is 20.4 Å². The lowest BCUT2D eigenvalue weighted by molar-refractivity contribution is -0.170. The van der Waals surface area contributed by atoms with Gasteiger partial charge in [-0.25, -0.2) is 4.79 Å². The van der Waals surface area contributed by atoms with Crippen LogP contribution in [0, 0.1) is 0 Å². The second kappa shape index (κ2) is 8.58.